The molecule has 2 amide bonds. The van der Waals surface area contributed by atoms with E-state index in [1.165, 1.54) is 22.7 Å². The lowest BCUT2D eigenvalue weighted by atomic mass is 10.1. The summed E-state index contributed by atoms with van der Waals surface area (Å²) in [6, 6.07) is 9.25. The molecule has 170 valence electrons. The number of hydrogen-bond donors (Lipinski definition) is 2. The van der Waals surface area contributed by atoms with E-state index >= 15 is 0 Å². The fourth-order valence-electron chi connectivity index (χ4n) is 4.04. The minimum Gasteiger partial charge on any atom is -0.506 e. The van der Waals surface area contributed by atoms with Crippen LogP contribution in [0.2, 0.25) is 0 Å². The molecule has 1 aromatic carbocycles. The van der Waals surface area contributed by atoms with Crippen molar-refractivity contribution in [3.63, 3.8) is 0 Å². The number of aromatic hydroxyl groups is 1. The van der Waals surface area contributed by atoms with Gasteiger partial charge in [0.05, 0.1) is 32.5 Å². The Kier molecular flexibility index (Phi) is 5.90. The molecule has 1 saturated heterocycles. The van der Waals surface area contributed by atoms with Crippen LogP contribution >= 0.6 is 22.7 Å². The van der Waals surface area contributed by atoms with Gasteiger partial charge in [-0.05, 0) is 61.2 Å². The van der Waals surface area contributed by atoms with Gasteiger partial charge in [0.1, 0.15) is 11.5 Å². The number of nitrogens with zero attached hydrogens (tertiary/aromatic N) is 2. The maximum atomic E-state index is 12.6. The molecule has 4 heterocycles. The monoisotopic (exact) mass is 481 g/mol. The molecule has 1 fully saturated rings. The van der Waals surface area contributed by atoms with E-state index in [1.54, 1.807) is 19.1 Å². The zero-order valence-electron chi connectivity index (χ0n) is 18.1. The normalized spacial score (nSPS) is 15.4. The van der Waals surface area contributed by atoms with E-state index in [9.17, 15) is 14.7 Å². The molecule has 0 bridgehead atoms. The first-order chi connectivity index (χ1) is 16.0. The van der Waals surface area contributed by atoms with Crippen molar-refractivity contribution in [2.45, 2.75) is 26.2 Å². The van der Waals surface area contributed by atoms with E-state index in [-0.39, 0.29) is 17.6 Å². The third-order valence-corrected chi connectivity index (χ3v) is 7.96. The summed E-state index contributed by atoms with van der Waals surface area (Å²) in [7, 11) is 0. The maximum Gasteiger partial charge on any atom is 0.281 e. The molecule has 0 unspecified atom stereocenters. The summed E-state index contributed by atoms with van der Waals surface area (Å²) >= 11 is 2.60. The molecule has 0 aliphatic carbocycles. The second-order valence-corrected chi connectivity index (χ2v) is 10.0. The summed E-state index contributed by atoms with van der Waals surface area (Å²) in [4.78, 5) is 28.6. The molecule has 0 radical (unpaired) electrons. The fraction of sp³-hybridized carbons (Fsp3) is 0.292. The SMILES string of the molecule is C/C(=N\NC(=O)c1ccc(C(=O)N2CCCC2)s1)c1csc(-c2ccc3c(c2)CCO3)c1O. The molecule has 0 saturated carbocycles. The number of nitrogens with one attached hydrogen (secondary N) is 1. The van der Waals surface area contributed by atoms with E-state index in [4.69, 9.17) is 4.74 Å². The van der Waals surface area contributed by atoms with Gasteiger partial charge < -0.3 is 14.7 Å². The van der Waals surface area contributed by atoms with Crippen molar-refractivity contribution in [2.24, 2.45) is 5.10 Å². The van der Waals surface area contributed by atoms with Gasteiger partial charge in [-0.1, -0.05) is 0 Å². The Morgan fingerprint density at radius 3 is 2.76 bits per heavy atom. The Hall–Kier alpha value is -3.17. The number of ether oxygens (including phenoxy) is 1. The topological polar surface area (TPSA) is 91.2 Å². The van der Waals surface area contributed by atoms with Crippen LogP contribution in [-0.2, 0) is 6.42 Å². The number of thiophene rings is 2. The lowest BCUT2D eigenvalue weighted by Crippen LogP contribution is -2.26. The van der Waals surface area contributed by atoms with E-state index in [0.29, 0.717) is 27.6 Å². The number of amides is 2. The molecule has 5 rings (SSSR count). The molecule has 0 atom stereocenters. The molecular weight excluding hydrogens is 458 g/mol. The highest BCUT2D eigenvalue weighted by atomic mass is 32.1. The summed E-state index contributed by atoms with van der Waals surface area (Å²) in [5.74, 6) is 0.636. The fourth-order valence-corrected chi connectivity index (χ4v) is 5.91. The minimum atomic E-state index is -0.381. The highest BCUT2D eigenvalue weighted by Gasteiger charge is 2.22. The van der Waals surface area contributed by atoms with Gasteiger partial charge in [-0.25, -0.2) is 5.43 Å². The van der Waals surface area contributed by atoms with Gasteiger partial charge in [0.25, 0.3) is 11.8 Å². The Morgan fingerprint density at radius 1 is 1.15 bits per heavy atom. The lowest BCUT2D eigenvalue weighted by Gasteiger charge is -2.13. The molecule has 33 heavy (non-hydrogen) atoms. The van der Waals surface area contributed by atoms with Crippen molar-refractivity contribution in [1.82, 2.24) is 10.3 Å². The van der Waals surface area contributed by atoms with E-state index in [1.807, 2.05) is 28.5 Å². The average Bonchev–Trinajstić information content (AvgIpc) is 3.62. The van der Waals surface area contributed by atoms with Gasteiger partial charge >= 0.3 is 0 Å². The number of hydrogen-bond acceptors (Lipinski definition) is 7. The zero-order valence-corrected chi connectivity index (χ0v) is 19.7. The van der Waals surface area contributed by atoms with Crippen LogP contribution in [0.15, 0.2) is 40.8 Å². The van der Waals surface area contributed by atoms with E-state index in [2.05, 4.69) is 10.5 Å². The highest BCUT2D eigenvalue weighted by Crippen LogP contribution is 2.40. The van der Waals surface area contributed by atoms with Crippen molar-refractivity contribution in [2.75, 3.05) is 19.7 Å². The number of likely N-dealkylation sites (tertiary alicyclic amines) is 1. The van der Waals surface area contributed by atoms with Gasteiger partial charge in [0, 0.05) is 24.9 Å². The first-order valence-corrected chi connectivity index (χ1v) is 12.5. The Balaban J connectivity index is 1.28. The van der Waals surface area contributed by atoms with Gasteiger partial charge in [-0.15, -0.1) is 22.7 Å². The second-order valence-electron chi connectivity index (χ2n) is 8.05. The lowest BCUT2D eigenvalue weighted by molar-refractivity contribution is 0.0797. The number of rotatable bonds is 5. The predicted octanol–water partition coefficient (Wildman–Crippen LogP) is 4.51. The highest BCUT2D eigenvalue weighted by molar-refractivity contribution is 7.16. The van der Waals surface area contributed by atoms with E-state index in [0.717, 1.165) is 54.1 Å². The number of carbonyl (C=O) groups excluding carboxylic acids is 2. The van der Waals surface area contributed by atoms with Crippen LogP contribution in [0, 0.1) is 0 Å². The minimum absolute atomic E-state index is 0.0231. The standard InChI is InChI=1S/C24H23N3O4S2/c1-14(17-13-32-22(21(17)28)16-4-5-18-15(12-16)8-11-31-18)25-26-23(29)19-6-7-20(33-19)24(30)27-9-2-3-10-27/h4-7,12-13,28H,2-3,8-11H2,1H3,(H,26,29)/b25-14+. The third kappa shape index (κ3) is 4.26. The maximum absolute atomic E-state index is 12.6. The van der Waals surface area contributed by atoms with Crippen LogP contribution in [0.5, 0.6) is 11.5 Å². The number of carbonyl (C=O) groups is 2. The van der Waals surface area contributed by atoms with Crippen LogP contribution in [0.25, 0.3) is 10.4 Å². The average molecular weight is 482 g/mol. The summed E-state index contributed by atoms with van der Waals surface area (Å²) in [6.45, 7) is 3.96. The van der Waals surface area contributed by atoms with E-state index < -0.39 is 0 Å². The Morgan fingerprint density at radius 2 is 1.94 bits per heavy atom. The smallest absolute Gasteiger partial charge is 0.281 e. The molecule has 9 heteroatoms. The molecule has 2 N–H and O–H groups in total. The quantitative estimate of drug-likeness (QED) is 0.414. The van der Waals surface area contributed by atoms with Crippen molar-refractivity contribution >= 4 is 40.2 Å². The Labute approximate surface area is 199 Å². The summed E-state index contributed by atoms with van der Waals surface area (Å²) in [6.07, 6.45) is 2.91. The number of benzene rings is 1. The Bertz CT molecular complexity index is 1250. The van der Waals surface area contributed by atoms with Crippen LogP contribution < -0.4 is 10.2 Å². The second kappa shape index (κ2) is 8.99. The van der Waals surface area contributed by atoms with Crippen LogP contribution in [0.3, 0.4) is 0 Å². The summed E-state index contributed by atoms with van der Waals surface area (Å²) in [5.41, 5.74) is 5.68. The van der Waals surface area contributed by atoms with Gasteiger partial charge in [0.2, 0.25) is 0 Å². The number of hydrazone groups is 1. The first kappa shape index (κ1) is 21.7. The summed E-state index contributed by atoms with van der Waals surface area (Å²) < 4.78 is 5.56. The van der Waals surface area contributed by atoms with Crippen LogP contribution in [0.1, 0.15) is 50.2 Å². The van der Waals surface area contributed by atoms with Gasteiger partial charge in [0.15, 0.2) is 0 Å². The summed E-state index contributed by atoms with van der Waals surface area (Å²) in [5, 5.41) is 16.8. The number of fused-ring (bicyclic) bond motifs is 1. The molecule has 2 aromatic heterocycles. The predicted molar refractivity (Wildman–Crippen MR) is 130 cm³/mol. The molecule has 0 spiro atoms. The van der Waals surface area contributed by atoms with Crippen molar-refractivity contribution in [3.8, 4) is 21.9 Å². The third-order valence-electron chi connectivity index (χ3n) is 5.87. The first-order valence-electron chi connectivity index (χ1n) is 10.8. The molecule has 2 aliphatic heterocycles. The van der Waals surface area contributed by atoms with Crippen molar-refractivity contribution in [3.05, 3.63) is 56.6 Å². The molecule has 2 aliphatic rings. The van der Waals surface area contributed by atoms with Gasteiger partial charge in [-0.2, -0.15) is 5.10 Å². The van der Waals surface area contributed by atoms with Crippen molar-refractivity contribution in [1.29, 1.82) is 0 Å². The van der Waals surface area contributed by atoms with Crippen LogP contribution in [-0.4, -0.2) is 47.2 Å². The molecule has 3 aromatic rings. The molecular formula is C24H23N3O4S2. The largest absolute Gasteiger partial charge is 0.506 e. The van der Waals surface area contributed by atoms with Crippen molar-refractivity contribution < 1.29 is 19.4 Å². The molecule has 7 nitrogen and oxygen atoms in total. The van der Waals surface area contributed by atoms with Gasteiger partial charge in [-0.3, -0.25) is 9.59 Å². The van der Waals surface area contributed by atoms with Crippen LogP contribution in [0.4, 0.5) is 0 Å². The zero-order chi connectivity index (χ0) is 22.9.